The fraction of sp³-hybridized carbons (Fsp3) is 0.464. The number of thiazole rings is 1. The predicted molar refractivity (Wildman–Crippen MR) is 154 cm³/mol. The van der Waals surface area contributed by atoms with Crippen molar-refractivity contribution >= 4 is 32.2 Å². The quantitative estimate of drug-likeness (QED) is 0.367. The van der Waals surface area contributed by atoms with Crippen molar-refractivity contribution < 1.29 is 22.6 Å². The summed E-state index contributed by atoms with van der Waals surface area (Å²) in [6.45, 7) is 1.36. The average molecular weight is 573 g/mol. The summed E-state index contributed by atoms with van der Waals surface area (Å²) in [4.78, 5) is 9.23. The van der Waals surface area contributed by atoms with Crippen LogP contribution in [0.5, 0.6) is 17.2 Å². The summed E-state index contributed by atoms with van der Waals surface area (Å²) in [5, 5.41) is 2.15. The Morgan fingerprint density at radius 2 is 1.92 bits per heavy atom. The van der Waals surface area contributed by atoms with Crippen LogP contribution in [0, 0.1) is 0 Å². The minimum absolute atomic E-state index is 0.0552. The van der Waals surface area contributed by atoms with Crippen LogP contribution in [0.2, 0.25) is 0 Å². The molecule has 1 aliphatic carbocycles. The standard InChI is InChI=1S/C28H36N4O5S2/c1-30(2)23-7-5-6-8-24(23)31-14-15-37-27-18-22(11-12-25(27)31)39(33,34)32(28-29-13-16-38-28)19-20-9-10-21(35-3)17-26(20)36-4/h9-13,16-18,23-24H,5-8,14-15,19H2,1-4H3/t23-,24-/m0/s1. The Morgan fingerprint density at radius 1 is 1.10 bits per heavy atom. The number of rotatable bonds is 9. The second-order valence-corrected chi connectivity index (χ2v) is 12.8. The van der Waals surface area contributed by atoms with Gasteiger partial charge in [-0.15, -0.1) is 11.3 Å². The number of ether oxygens (including phenoxy) is 3. The van der Waals surface area contributed by atoms with Gasteiger partial charge in [-0.25, -0.2) is 17.7 Å². The molecule has 3 aromatic rings. The molecular formula is C28H36N4O5S2. The SMILES string of the molecule is COc1ccc(CN(c2nccs2)S(=O)(=O)c2ccc3c(c2)OCCN3[C@H]2CCCC[C@@H]2N(C)C)c(OC)c1. The van der Waals surface area contributed by atoms with E-state index in [-0.39, 0.29) is 11.4 Å². The number of hydrogen-bond acceptors (Lipinski definition) is 9. The van der Waals surface area contributed by atoms with Crippen LogP contribution in [0.25, 0.3) is 0 Å². The Morgan fingerprint density at radius 3 is 2.64 bits per heavy atom. The van der Waals surface area contributed by atoms with E-state index in [1.807, 2.05) is 12.1 Å². The Balaban J connectivity index is 1.49. The second-order valence-electron chi connectivity index (χ2n) is 10.1. The molecule has 2 heterocycles. The minimum Gasteiger partial charge on any atom is -0.497 e. The van der Waals surface area contributed by atoms with Gasteiger partial charge in [0.1, 0.15) is 23.9 Å². The molecule has 2 aliphatic rings. The minimum atomic E-state index is -3.98. The summed E-state index contributed by atoms with van der Waals surface area (Å²) in [5.74, 6) is 1.77. The van der Waals surface area contributed by atoms with Gasteiger partial charge in [0.05, 0.1) is 37.9 Å². The molecule has 11 heteroatoms. The lowest BCUT2D eigenvalue weighted by molar-refractivity contribution is 0.184. The molecule has 1 aliphatic heterocycles. The number of anilines is 2. The maximum absolute atomic E-state index is 14.1. The normalized spacial score (nSPS) is 19.4. The van der Waals surface area contributed by atoms with Gasteiger partial charge in [0, 0.05) is 41.4 Å². The van der Waals surface area contributed by atoms with Gasteiger partial charge in [0.2, 0.25) is 0 Å². The van der Waals surface area contributed by atoms with Crippen molar-refractivity contribution in [2.24, 2.45) is 0 Å². The van der Waals surface area contributed by atoms with E-state index >= 15 is 0 Å². The number of sulfonamides is 1. The topological polar surface area (TPSA) is 84.4 Å². The lowest BCUT2D eigenvalue weighted by atomic mass is 9.88. The summed E-state index contributed by atoms with van der Waals surface area (Å²) in [6, 6.07) is 11.4. The molecular weight excluding hydrogens is 536 g/mol. The van der Waals surface area contributed by atoms with Crippen LogP contribution in [0.15, 0.2) is 52.9 Å². The van der Waals surface area contributed by atoms with Gasteiger partial charge in [-0.2, -0.15) is 0 Å². The smallest absolute Gasteiger partial charge is 0.266 e. The van der Waals surface area contributed by atoms with Crippen molar-refractivity contribution in [1.29, 1.82) is 0 Å². The maximum atomic E-state index is 14.1. The fourth-order valence-corrected chi connectivity index (χ4v) is 7.93. The molecule has 210 valence electrons. The predicted octanol–water partition coefficient (Wildman–Crippen LogP) is 4.63. The second kappa shape index (κ2) is 11.6. The third-order valence-electron chi connectivity index (χ3n) is 7.62. The van der Waals surface area contributed by atoms with E-state index in [9.17, 15) is 8.42 Å². The van der Waals surface area contributed by atoms with E-state index in [1.165, 1.54) is 28.5 Å². The lowest BCUT2D eigenvalue weighted by Crippen LogP contribution is -2.53. The molecule has 1 saturated carbocycles. The Bertz CT molecular complexity index is 1380. The molecule has 2 aromatic carbocycles. The number of likely N-dealkylation sites (N-methyl/N-ethyl adjacent to an activating group) is 1. The van der Waals surface area contributed by atoms with Crippen LogP contribution in [-0.4, -0.2) is 71.9 Å². The first-order chi connectivity index (χ1) is 18.8. The summed E-state index contributed by atoms with van der Waals surface area (Å²) in [7, 11) is 3.45. The van der Waals surface area contributed by atoms with Crippen LogP contribution in [0.3, 0.4) is 0 Å². The molecule has 0 radical (unpaired) electrons. The number of methoxy groups -OCH3 is 2. The van der Waals surface area contributed by atoms with E-state index in [1.54, 1.807) is 50.1 Å². The number of hydrogen-bond donors (Lipinski definition) is 0. The third-order valence-corrected chi connectivity index (χ3v) is 10.3. The zero-order chi connectivity index (χ0) is 27.6. The summed E-state index contributed by atoms with van der Waals surface area (Å²) < 4.78 is 46.5. The average Bonchev–Trinajstić information content (AvgIpc) is 3.49. The van der Waals surface area contributed by atoms with Crippen molar-refractivity contribution in [2.45, 2.75) is 49.2 Å². The van der Waals surface area contributed by atoms with Gasteiger partial charge in [0.25, 0.3) is 10.0 Å². The van der Waals surface area contributed by atoms with Crippen molar-refractivity contribution in [2.75, 3.05) is 50.7 Å². The molecule has 2 atom stereocenters. The number of benzene rings is 2. The first-order valence-electron chi connectivity index (χ1n) is 13.2. The van der Waals surface area contributed by atoms with Crippen molar-refractivity contribution in [3.63, 3.8) is 0 Å². The number of nitrogens with zero attached hydrogens (tertiary/aromatic N) is 4. The first kappa shape index (κ1) is 27.5. The highest BCUT2D eigenvalue weighted by molar-refractivity contribution is 7.93. The zero-order valence-electron chi connectivity index (χ0n) is 22.9. The number of fused-ring (bicyclic) bond motifs is 1. The zero-order valence-corrected chi connectivity index (χ0v) is 24.5. The summed E-state index contributed by atoms with van der Waals surface area (Å²) in [5.41, 5.74) is 1.65. The third kappa shape index (κ3) is 5.53. The molecule has 0 bridgehead atoms. The molecule has 1 fully saturated rings. The Labute approximate surface area is 235 Å². The van der Waals surface area contributed by atoms with E-state index in [0.717, 1.165) is 25.1 Å². The van der Waals surface area contributed by atoms with Gasteiger partial charge < -0.3 is 24.0 Å². The van der Waals surface area contributed by atoms with Crippen LogP contribution < -0.4 is 23.4 Å². The lowest BCUT2D eigenvalue weighted by Gasteiger charge is -2.45. The van der Waals surface area contributed by atoms with Gasteiger partial charge >= 0.3 is 0 Å². The van der Waals surface area contributed by atoms with Crippen LogP contribution in [0.4, 0.5) is 10.8 Å². The molecule has 39 heavy (non-hydrogen) atoms. The van der Waals surface area contributed by atoms with Gasteiger partial charge in [-0.05, 0) is 51.2 Å². The summed E-state index contributed by atoms with van der Waals surface area (Å²) in [6.07, 6.45) is 6.32. The van der Waals surface area contributed by atoms with E-state index in [4.69, 9.17) is 14.2 Å². The van der Waals surface area contributed by atoms with Gasteiger partial charge in [-0.1, -0.05) is 12.8 Å². The molecule has 9 nitrogen and oxygen atoms in total. The van der Waals surface area contributed by atoms with E-state index < -0.39 is 10.0 Å². The first-order valence-corrected chi connectivity index (χ1v) is 15.5. The maximum Gasteiger partial charge on any atom is 0.266 e. The van der Waals surface area contributed by atoms with Gasteiger partial charge in [-0.3, -0.25) is 0 Å². The van der Waals surface area contributed by atoms with Crippen molar-refractivity contribution in [3.8, 4) is 17.2 Å². The van der Waals surface area contributed by atoms with Crippen LogP contribution in [0.1, 0.15) is 31.2 Å². The highest BCUT2D eigenvalue weighted by Crippen LogP contribution is 2.40. The Hall–Kier alpha value is -3.02. The monoisotopic (exact) mass is 572 g/mol. The van der Waals surface area contributed by atoms with Gasteiger partial charge in [0.15, 0.2) is 5.13 Å². The van der Waals surface area contributed by atoms with Crippen molar-refractivity contribution in [3.05, 3.63) is 53.5 Å². The number of aromatic nitrogens is 1. The molecule has 0 N–H and O–H groups in total. The largest absolute Gasteiger partial charge is 0.497 e. The molecule has 5 rings (SSSR count). The van der Waals surface area contributed by atoms with Crippen LogP contribution in [-0.2, 0) is 16.6 Å². The molecule has 0 unspecified atom stereocenters. The van der Waals surface area contributed by atoms with E-state index in [2.05, 4.69) is 28.9 Å². The summed E-state index contributed by atoms with van der Waals surface area (Å²) >= 11 is 1.27. The molecule has 0 amide bonds. The molecule has 0 spiro atoms. The van der Waals surface area contributed by atoms with E-state index in [0.29, 0.717) is 46.6 Å². The van der Waals surface area contributed by atoms with Crippen LogP contribution >= 0.6 is 11.3 Å². The highest BCUT2D eigenvalue weighted by atomic mass is 32.2. The molecule has 0 saturated heterocycles. The highest BCUT2D eigenvalue weighted by Gasteiger charge is 2.36. The fourth-order valence-electron chi connectivity index (χ4n) is 5.64. The Kier molecular flexibility index (Phi) is 8.20. The van der Waals surface area contributed by atoms with Crippen molar-refractivity contribution in [1.82, 2.24) is 9.88 Å². The molecule has 1 aromatic heterocycles.